The number of fused-ring (bicyclic) bond motifs is 1. The van der Waals surface area contributed by atoms with Crippen LogP contribution in [-0.4, -0.2) is 11.7 Å². The lowest BCUT2D eigenvalue weighted by Gasteiger charge is -2.07. The fourth-order valence-electron chi connectivity index (χ4n) is 1.99. The maximum absolute atomic E-state index is 11.8. The number of carbonyl (C=O) groups excluding carboxylic acids is 2. The molecule has 0 radical (unpaired) electrons. The summed E-state index contributed by atoms with van der Waals surface area (Å²) in [5.41, 5.74) is 2.52. The minimum absolute atomic E-state index is 0.0504. The molecule has 0 bridgehead atoms. The van der Waals surface area contributed by atoms with Crippen molar-refractivity contribution in [3.05, 3.63) is 27.7 Å². The predicted octanol–water partition coefficient (Wildman–Crippen LogP) is 2.78. The van der Waals surface area contributed by atoms with Crippen LogP contribution in [0.2, 0.25) is 0 Å². The van der Waals surface area contributed by atoms with Crippen LogP contribution in [0.25, 0.3) is 0 Å². The van der Waals surface area contributed by atoms with Crippen LogP contribution in [0.1, 0.15) is 29.8 Å². The molecule has 84 valence electrons. The zero-order valence-electron chi connectivity index (χ0n) is 9.13. The van der Waals surface area contributed by atoms with Gasteiger partial charge < -0.3 is 5.32 Å². The summed E-state index contributed by atoms with van der Waals surface area (Å²) in [6, 6.07) is 3.68. The van der Waals surface area contributed by atoms with Gasteiger partial charge in [-0.3, -0.25) is 9.59 Å². The summed E-state index contributed by atoms with van der Waals surface area (Å²) in [5, 5.41) is 2.74. The van der Waals surface area contributed by atoms with Crippen molar-refractivity contribution >= 4 is 33.3 Å². The van der Waals surface area contributed by atoms with E-state index in [9.17, 15) is 9.59 Å². The normalized spacial score (nSPS) is 18.4. The molecule has 1 atom stereocenters. The number of ketones is 1. The molecular weight excluding hydrogens is 270 g/mol. The van der Waals surface area contributed by atoms with Gasteiger partial charge in [0.2, 0.25) is 5.91 Å². The Labute approximate surface area is 102 Å². The van der Waals surface area contributed by atoms with Gasteiger partial charge >= 0.3 is 0 Å². The molecule has 0 spiro atoms. The van der Waals surface area contributed by atoms with E-state index in [0.29, 0.717) is 0 Å². The number of anilines is 1. The summed E-state index contributed by atoms with van der Waals surface area (Å²) in [4.78, 5) is 22.8. The van der Waals surface area contributed by atoms with Gasteiger partial charge in [0.1, 0.15) is 0 Å². The summed E-state index contributed by atoms with van der Waals surface area (Å²) in [6.07, 6.45) is 0.758. The van der Waals surface area contributed by atoms with E-state index in [1.807, 2.05) is 13.0 Å². The van der Waals surface area contributed by atoms with Crippen LogP contribution in [0, 0.1) is 5.92 Å². The fraction of sp³-hybridized carbons (Fsp3) is 0.333. The lowest BCUT2D eigenvalue weighted by molar-refractivity contribution is -0.114. The molecule has 0 aromatic heterocycles. The molecule has 0 aliphatic heterocycles. The molecule has 1 aromatic carbocycles. The average Bonchev–Trinajstić information content (AvgIpc) is 2.44. The average molecular weight is 282 g/mol. The Morgan fingerprint density at radius 1 is 1.50 bits per heavy atom. The summed E-state index contributed by atoms with van der Waals surface area (Å²) in [6.45, 7) is 3.39. The van der Waals surface area contributed by atoms with Gasteiger partial charge in [-0.2, -0.15) is 0 Å². The minimum Gasteiger partial charge on any atom is -0.325 e. The van der Waals surface area contributed by atoms with E-state index in [4.69, 9.17) is 0 Å². The van der Waals surface area contributed by atoms with Crippen LogP contribution in [0.4, 0.5) is 5.69 Å². The Hall–Kier alpha value is -1.16. The molecule has 1 unspecified atom stereocenters. The molecule has 4 heteroatoms. The van der Waals surface area contributed by atoms with E-state index >= 15 is 0 Å². The zero-order valence-corrected chi connectivity index (χ0v) is 10.7. The van der Waals surface area contributed by atoms with Gasteiger partial charge in [-0.1, -0.05) is 6.92 Å². The van der Waals surface area contributed by atoms with Gasteiger partial charge in [-0.05, 0) is 40.0 Å². The summed E-state index contributed by atoms with van der Waals surface area (Å²) in [7, 11) is 0. The molecule has 16 heavy (non-hydrogen) atoms. The first-order chi connectivity index (χ1) is 7.49. The van der Waals surface area contributed by atoms with Crippen molar-refractivity contribution in [2.24, 2.45) is 5.92 Å². The zero-order chi connectivity index (χ0) is 11.9. The Kier molecular flexibility index (Phi) is 2.84. The predicted molar refractivity (Wildman–Crippen MR) is 65.6 cm³/mol. The molecule has 1 N–H and O–H groups in total. The van der Waals surface area contributed by atoms with Crippen molar-refractivity contribution in [2.45, 2.75) is 20.3 Å². The van der Waals surface area contributed by atoms with Crippen LogP contribution in [0.3, 0.4) is 0 Å². The standard InChI is InChI=1S/C12H12BrNO2/c1-6-3-8-4-11(14-7(2)15)10(13)5-9(8)12(6)16/h4-6H,3H2,1-2H3,(H,14,15). The summed E-state index contributed by atoms with van der Waals surface area (Å²) < 4.78 is 0.754. The highest BCUT2D eigenvalue weighted by Gasteiger charge is 2.27. The largest absolute Gasteiger partial charge is 0.325 e. The number of Topliss-reactive ketones (excluding diaryl/α,β-unsaturated/α-hetero) is 1. The Morgan fingerprint density at radius 2 is 2.19 bits per heavy atom. The molecule has 0 fully saturated rings. The van der Waals surface area contributed by atoms with Crippen LogP contribution in [-0.2, 0) is 11.2 Å². The Balaban J connectivity index is 2.44. The number of halogens is 1. The minimum atomic E-state index is -0.113. The van der Waals surface area contributed by atoms with Crippen molar-refractivity contribution in [3.8, 4) is 0 Å². The smallest absolute Gasteiger partial charge is 0.221 e. The summed E-state index contributed by atoms with van der Waals surface area (Å²) >= 11 is 3.36. The first-order valence-electron chi connectivity index (χ1n) is 5.13. The van der Waals surface area contributed by atoms with Crippen LogP contribution >= 0.6 is 15.9 Å². The van der Waals surface area contributed by atoms with Crippen molar-refractivity contribution in [2.75, 3.05) is 5.32 Å². The number of hydrogen-bond donors (Lipinski definition) is 1. The maximum Gasteiger partial charge on any atom is 0.221 e. The third-order valence-corrected chi connectivity index (χ3v) is 3.40. The van der Waals surface area contributed by atoms with Crippen LogP contribution in [0.15, 0.2) is 16.6 Å². The van der Waals surface area contributed by atoms with E-state index in [2.05, 4.69) is 21.2 Å². The van der Waals surface area contributed by atoms with Crippen LogP contribution in [0.5, 0.6) is 0 Å². The molecule has 3 nitrogen and oxygen atoms in total. The molecule has 0 saturated heterocycles. The molecule has 2 rings (SSSR count). The van der Waals surface area contributed by atoms with E-state index in [-0.39, 0.29) is 17.6 Å². The van der Waals surface area contributed by atoms with Gasteiger partial charge in [0.15, 0.2) is 5.78 Å². The number of benzene rings is 1. The second-order valence-electron chi connectivity index (χ2n) is 4.14. The highest BCUT2D eigenvalue weighted by Crippen LogP contribution is 2.33. The highest BCUT2D eigenvalue weighted by atomic mass is 79.9. The third kappa shape index (κ3) is 1.89. The second kappa shape index (κ2) is 4.01. The highest BCUT2D eigenvalue weighted by molar-refractivity contribution is 9.10. The Morgan fingerprint density at radius 3 is 2.81 bits per heavy atom. The van der Waals surface area contributed by atoms with Crippen molar-refractivity contribution in [1.29, 1.82) is 0 Å². The van der Waals surface area contributed by atoms with Gasteiger partial charge in [-0.15, -0.1) is 0 Å². The molecule has 0 saturated carbocycles. The van der Waals surface area contributed by atoms with Gasteiger partial charge in [-0.25, -0.2) is 0 Å². The molecular formula is C12H12BrNO2. The number of carbonyl (C=O) groups is 2. The first-order valence-corrected chi connectivity index (χ1v) is 5.92. The number of hydrogen-bond acceptors (Lipinski definition) is 2. The third-order valence-electron chi connectivity index (χ3n) is 2.74. The second-order valence-corrected chi connectivity index (χ2v) is 4.99. The summed E-state index contributed by atoms with van der Waals surface area (Å²) in [5.74, 6) is 0.123. The number of nitrogens with one attached hydrogen (secondary N) is 1. The number of rotatable bonds is 1. The molecule has 1 aromatic rings. The number of amides is 1. The molecule has 1 amide bonds. The first kappa shape index (κ1) is 11.3. The van der Waals surface area contributed by atoms with Gasteiger partial charge in [0.05, 0.1) is 5.69 Å². The van der Waals surface area contributed by atoms with E-state index in [0.717, 1.165) is 27.7 Å². The van der Waals surface area contributed by atoms with E-state index < -0.39 is 0 Å². The lowest BCUT2D eigenvalue weighted by atomic mass is 10.1. The van der Waals surface area contributed by atoms with Crippen molar-refractivity contribution in [3.63, 3.8) is 0 Å². The van der Waals surface area contributed by atoms with Gasteiger partial charge in [0.25, 0.3) is 0 Å². The quantitative estimate of drug-likeness (QED) is 0.860. The monoisotopic (exact) mass is 281 g/mol. The molecule has 1 aliphatic rings. The fourth-order valence-corrected chi connectivity index (χ4v) is 2.43. The van der Waals surface area contributed by atoms with Crippen LogP contribution < -0.4 is 5.32 Å². The maximum atomic E-state index is 11.8. The van der Waals surface area contributed by atoms with E-state index in [1.165, 1.54) is 6.92 Å². The SMILES string of the molecule is CC(=O)Nc1cc2c(cc1Br)C(=O)C(C)C2. The van der Waals surface area contributed by atoms with Crippen molar-refractivity contribution < 1.29 is 9.59 Å². The van der Waals surface area contributed by atoms with Crippen molar-refractivity contribution in [1.82, 2.24) is 0 Å². The lowest BCUT2D eigenvalue weighted by Crippen LogP contribution is -2.07. The van der Waals surface area contributed by atoms with E-state index in [1.54, 1.807) is 6.07 Å². The topological polar surface area (TPSA) is 46.2 Å². The molecule has 1 aliphatic carbocycles. The Bertz CT molecular complexity index is 482. The van der Waals surface area contributed by atoms with Gasteiger partial charge in [0, 0.05) is 22.9 Å². The molecule has 0 heterocycles.